The molecule has 0 spiro atoms. The topological polar surface area (TPSA) is 33.1 Å². The first-order valence-electron chi connectivity index (χ1n) is 6.26. The first-order chi connectivity index (χ1) is 8.18. The van der Waals surface area contributed by atoms with Gasteiger partial charge in [-0.1, -0.05) is 0 Å². The second kappa shape index (κ2) is 5.98. The van der Waals surface area contributed by atoms with E-state index in [1.807, 2.05) is 17.9 Å². The summed E-state index contributed by atoms with van der Waals surface area (Å²) in [5, 5.41) is 7.72. The molecule has 96 valence electrons. The van der Waals surface area contributed by atoms with Crippen LogP contribution in [0.25, 0.3) is 0 Å². The highest BCUT2D eigenvalue weighted by Gasteiger charge is 2.18. The Morgan fingerprint density at radius 1 is 1.53 bits per heavy atom. The van der Waals surface area contributed by atoms with Gasteiger partial charge in [0, 0.05) is 19.6 Å². The quantitative estimate of drug-likeness (QED) is 0.923. The Balaban J connectivity index is 1.98. The zero-order valence-electron chi connectivity index (χ0n) is 10.6. The average Bonchev–Trinajstić information content (AvgIpc) is 2.59. The van der Waals surface area contributed by atoms with Crippen LogP contribution < -0.4 is 5.32 Å². The summed E-state index contributed by atoms with van der Waals surface area (Å²) in [6.45, 7) is 3.27. The Kier molecular flexibility index (Phi) is 4.59. The van der Waals surface area contributed by atoms with E-state index in [0.29, 0.717) is 6.04 Å². The molecule has 0 amide bonds. The molecule has 0 saturated carbocycles. The van der Waals surface area contributed by atoms with Crippen molar-refractivity contribution in [3.8, 4) is 0 Å². The van der Waals surface area contributed by atoms with E-state index in [4.69, 9.17) is 0 Å². The summed E-state index contributed by atoms with van der Waals surface area (Å²) < 4.78 is 3.06. The van der Waals surface area contributed by atoms with Crippen molar-refractivity contribution in [2.45, 2.75) is 31.8 Å². The van der Waals surface area contributed by atoms with E-state index in [1.54, 1.807) is 0 Å². The molecule has 0 aliphatic carbocycles. The van der Waals surface area contributed by atoms with Crippen LogP contribution >= 0.6 is 15.9 Å². The highest BCUT2D eigenvalue weighted by molar-refractivity contribution is 9.10. The van der Waals surface area contributed by atoms with Gasteiger partial charge in [0.15, 0.2) is 0 Å². The molecule has 1 saturated heterocycles. The number of rotatable bonds is 3. The van der Waals surface area contributed by atoms with E-state index < -0.39 is 0 Å². The van der Waals surface area contributed by atoms with Crippen molar-refractivity contribution in [3.63, 3.8) is 0 Å². The summed E-state index contributed by atoms with van der Waals surface area (Å²) >= 11 is 3.56. The Morgan fingerprint density at radius 2 is 2.35 bits per heavy atom. The third kappa shape index (κ3) is 3.30. The molecule has 17 heavy (non-hydrogen) atoms. The number of hydrogen-bond donors (Lipinski definition) is 1. The van der Waals surface area contributed by atoms with Gasteiger partial charge in [-0.15, -0.1) is 0 Å². The fourth-order valence-corrected chi connectivity index (χ4v) is 2.89. The normalized spacial score (nSPS) is 21.8. The second-order valence-electron chi connectivity index (χ2n) is 4.81. The van der Waals surface area contributed by atoms with Crippen molar-refractivity contribution < 1.29 is 0 Å². The lowest BCUT2D eigenvalue weighted by Gasteiger charge is -2.26. The molecule has 1 aromatic heterocycles. The summed E-state index contributed by atoms with van der Waals surface area (Å²) in [4.78, 5) is 2.45. The number of hydrogen-bond acceptors (Lipinski definition) is 3. The van der Waals surface area contributed by atoms with E-state index in [-0.39, 0.29) is 0 Å². The first-order valence-corrected chi connectivity index (χ1v) is 7.05. The molecule has 2 rings (SSSR count). The highest BCUT2D eigenvalue weighted by atomic mass is 79.9. The molecule has 1 unspecified atom stereocenters. The largest absolute Gasteiger partial charge is 0.317 e. The van der Waals surface area contributed by atoms with Gasteiger partial charge in [0.05, 0.1) is 16.4 Å². The lowest BCUT2D eigenvalue weighted by Crippen LogP contribution is -2.32. The van der Waals surface area contributed by atoms with Gasteiger partial charge < -0.3 is 5.32 Å². The molecule has 1 aliphatic heterocycles. The van der Waals surface area contributed by atoms with Crippen LogP contribution in [0.15, 0.2) is 10.7 Å². The molecular formula is C12H21BrN4. The lowest BCUT2D eigenvalue weighted by molar-refractivity contribution is 0.211. The molecule has 2 heterocycles. The molecule has 4 nitrogen and oxygen atoms in total. The molecule has 1 aromatic rings. The Bertz CT molecular complexity index is 336. The van der Waals surface area contributed by atoms with Crippen LogP contribution in [0.4, 0.5) is 0 Å². The SMILES string of the molecule is CN(Cc1c(Br)cnn1C)C1CCCNCC1. The molecule has 0 radical (unpaired) electrons. The number of nitrogens with one attached hydrogen (secondary N) is 1. The second-order valence-corrected chi connectivity index (χ2v) is 5.67. The number of aromatic nitrogens is 2. The maximum absolute atomic E-state index is 4.26. The van der Waals surface area contributed by atoms with E-state index in [9.17, 15) is 0 Å². The van der Waals surface area contributed by atoms with Gasteiger partial charge in [0.1, 0.15) is 0 Å². The summed E-state index contributed by atoms with van der Waals surface area (Å²) in [7, 11) is 4.22. The van der Waals surface area contributed by atoms with Gasteiger partial charge >= 0.3 is 0 Å². The molecule has 1 N–H and O–H groups in total. The van der Waals surface area contributed by atoms with Crippen LogP contribution in [0.5, 0.6) is 0 Å². The Labute approximate surface area is 111 Å². The highest BCUT2D eigenvalue weighted by Crippen LogP contribution is 2.20. The third-order valence-corrected chi connectivity index (χ3v) is 4.24. The van der Waals surface area contributed by atoms with Crippen LogP contribution in [0, 0.1) is 0 Å². The molecule has 0 aromatic carbocycles. The molecule has 1 atom stereocenters. The van der Waals surface area contributed by atoms with Gasteiger partial charge in [0.25, 0.3) is 0 Å². The summed E-state index contributed by atoms with van der Waals surface area (Å²) in [6.07, 6.45) is 5.68. The minimum Gasteiger partial charge on any atom is -0.317 e. The van der Waals surface area contributed by atoms with Crippen LogP contribution in [0.1, 0.15) is 25.0 Å². The van der Waals surface area contributed by atoms with Gasteiger partial charge in [-0.25, -0.2) is 0 Å². The van der Waals surface area contributed by atoms with E-state index >= 15 is 0 Å². The predicted octanol–water partition coefficient (Wildman–Crippen LogP) is 1.76. The zero-order chi connectivity index (χ0) is 12.3. The van der Waals surface area contributed by atoms with Crippen molar-refractivity contribution in [3.05, 3.63) is 16.4 Å². The number of halogens is 1. The van der Waals surface area contributed by atoms with Crippen LogP contribution in [-0.2, 0) is 13.6 Å². The minimum atomic E-state index is 0.687. The average molecular weight is 301 g/mol. The van der Waals surface area contributed by atoms with Gasteiger partial charge in [-0.3, -0.25) is 9.58 Å². The van der Waals surface area contributed by atoms with Crippen molar-refractivity contribution in [2.24, 2.45) is 7.05 Å². The summed E-state index contributed by atoms with van der Waals surface area (Å²) in [5.74, 6) is 0. The standard InChI is InChI=1S/C12H21BrN4/c1-16(10-4-3-6-14-7-5-10)9-12-11(13)8-15-17(12)2/h8,10,14H,3-7,9H2,1-2H3. The van der Waals surface area contributed by atoms with Crippen LogP contribution in [0.3, 0.4) is 0 Å². The van der Waals surface area contributed by atoms with Crippen LogP contribution in [-0.4, -0.2) is 40.9 Å². The predicted molar refractivity (Wildman–Crippen MR) is 72.9 cm³/mol. The Hall–Kier alpha value is -0.390. The fourth-order valence-electron chi connectivity index (χ4n) is 2.42. The van der Waals surface area contributed by atoms with Crippen molar-refractivity contribution >= 4 is 15.9 Å². The van der Waals surface area contributed by atoms with Crippen molar-refractivity contribution in [1.82, 2.24) is 20.0 Å². The molecule has 0 bridgehead atoms. The molecule has 1 fully saturated rings. The zero-order valence-corrected chi connectivity index (χ0v) is 12.2. The molecular weight excluding hydrogens is 280 g/mol. The Morgan fingerprint density at radius 3 is 3.06 bits per heavy atom. The minimum absolute atomic E-state index is 0.687. The van der Waals surface area contributed by atoms with E-state index in [0.717, 1.165) is 17.6 Å². The smallest absolute Gasteiger partial charge is 0.0663 e. The van der Waals surface area contributed by atoms with Gasteiger partial charge in [-0.05, 0) is 55.3 Å². The summed E-state index contributed by atoms with van der Waals surface area (Å²) in [5.41, 5.74) is 1.25. The number of nitrogens with zero attached hydrogens (tertiary/aromatic N) is 3. The maximum atomic E-state index is 4.26. The lowest BCUT2D eigenvalue weighted by atomic mass is 10.1. The van der Waals surface area contributed by atoms with Crippen molar-refractivity contribution in [2.75, 3.05) is 20.1 Å². The van der Waals surface area contributed by atoms with Gasteiger partial charge in [-0.2, -0.15) is 5.10 Å². The molecule has 1 aliphatic rings. The monoisotopic (exact) mass is 300 g/mol. The van der Waals surface area contributed by atoms with E-state index in [1.165, 1.54) is 31.5 Å². The van der Waals surface area contributed by atoms with Gasteiger partial charge in [0.2, 0.25) is 0 Å². The molecule has 5 heteroatoms. The van der Waals surface area contributed by atoms with Crippen LogP contribution in [0.2, 0.25) is 0 Å². The summed E-state index contributed by atoms with van der Waals surface area (Å²) in [6, 6.07) is 0.687. The third-order valence-electron chi connectivity index (χ3n) is 3.58. The first kappa shape index (κ1) is 13.1. The van der Waals surface area contributed by atoms with Crippen molar-refractivity contribution in [1.29, 1.82) is 0 Å². The van der Waals surface area contributed by atoms with E-state index in [2.05, 4.69) is 38.3 Å². The fraction of sp³-hybridized carbons (Fsp3) is 0.750. The number of aryl methyl sites for hydroxylation is 1. The maximum Gasteiger partial charge on any atom is 0.0663 e.